The lowest BCUT2D eigenvalue weighted by atomic mass is 10.2. The molecule has 7 nitrogen and oxygen atoms in total. The Bertz CT molecular complexity index is 631. The van der Waals surface area contributed by atoms with Crippen molar-refractivity contribution >= 4 is 44.0 Å². The van der Waals surface area contributed by atoms with Crippen molar-refractivity contribution in [2.45, 2.75) is 35.9 Å². The number of hydrogen-bond donors (Lipinski definition) is 1. The highest BCUT2D eigenvalue weighted by Crippen LogP contribution is 2.30. The van der Waals surface area contributed by atoms with Crippen LogP contribution in [-0.4, -0.2) is 65.8 Å². The summed E-state index contributed by atoms with van der Waals surface area (Å²) >= 11 is 2.75. The zero-order valence-corrected chi connectivity index (χ0v) is 15.2. The molecule has 0 aromatic carbocycles. The van der Waals surface area contributed by atoms with Gasteiger partial charge < -0.3 is 10.2 Å². The molecule has 2 atom stereocenters. The van der Waals surface area contributed by atoms with Gasteiger partial charge in [-0.25, -0.2) is 8.42 Å². The second-order valence-electron chi connectivity index (χ2n) is 5.06. The summed E-state index contributed by atoms with van der Waals surface area (Å²) in [5.41, 5.74) is 0. The molecule has 0 radical (unpaired) electrons. The maximum absolute atomic E-state index is 12.6. The van der Waals surface area contributed by atoms with Crippen LogP contribution in [0.5, 0.6) is 0 Å². The zero-order valence-electron chi connectivity index (χ0n) is 12.8. The third-order valence-electron chi connectivity index (χ3n) is 3.52. The number of rotatable bonds is 6. The molecule has 1 aliphatic heterocycles. The first-order valence-electron chi connectivity index (χ1n) is 7.05. The SMILES string of the molecule is CCN(C(=O)C(C)Sc1nnc(NC)s1)C1CCS(=O)(=O)C1. The normalized spacial score (nSPS) is 21.5. The molecule has 2 rings (SSSR count). The van der Waals surface area contributed by atoms with E-state index in [0.29, 0.717) is 18.1 Å². The van der Waals surface area contributed by atoms with Gasteiger partial charge in [-0.3, -0.25) is 4.79 Å². The first-order chi connectivity index (χ1) is 10.4. The van der Waals surface area contributed by atoms with Gasteiger partial charge in [0.2, 0.25) is 11.0 Å². The quantitative estimate of drug-likeness (QED) is 0.756. The zero-order chi connectivity index (χ0) is 16.3. The van der Waals surface area contributed by atoms with Gasteiger partial charge in [-0.2, -0.15) is 0 Å². The number of nitrogens with zero attached hydrogens (tertiary/aromatic N) is 3. The van der Waals surface area contributed by atoms with Crippen molar-refractivity contribution in [2.75, 3.05) is 30.4 Å². The van der Waals surface area contributed by atoms with Gasteiger partial charge >= 0.3 is 0 Å². The van der Waals surface area contributed by atoms with E-state index >= 15 is 0 Å². The van der Waals surface area contributed by atoms with Crippen molar-refractivity contribution < 1.29 is 13.2 Å². The van der Waals surface area contributed by atoms with E-state index in [-0.39, 0.29) is 28.7 Å². The third-order valence-corrected chi connectivity index (χ3v) is 7.38. The number of amides is 1. The fourth-order valence-electron chi connectivity index (χ4n) is 2.41. The Morgan fingerprint density at radius 2 is 2.27 bits per heavy atom. The minimum atomic E-state index is -3.00. The molecule has 1 N–H and O–H groups in total. The molecule has 1 fully saturated rings. The molecule has 2 heterocycles. The van der Waals surface area contributed by atoms with E-state index in [0.717, 1.165) is 4.34 Å². The highest BCUT2D eigenvalue weighted by atomic mass is 32.2. The average Bonchev–Trinajstić information content (AvgIpc) is 3.06. The van der Waals surface area contributed by atoms with Crippen LogP contribution in [0, 0.1) is 0 Å². The lowest BCUT2D eigenvalue weighted by Gasteiger charge is -2.29. The van der Waals surface area contributed by atoms with Gasteiger partial charge in [0.15, 0.2) is 14.2 Å². The Hall–Kier alpha value is -0.870. The van der Waals surface area contributed by atoms with Crippen LogP contribution in [-0.2, 0) is 14.6 Å². The smallest absolute Gasteiger partial charge is 0.236 e. The van der Waals surface area contributed by atoms with E-state index in [1.54, 1.807) is 11.9 Å². The Labute approximate surface area is 138 Å². The molecule has 0 saturated carbocycles. The summed E-state index contributed by atoms with van der Waals surface area (Å²) < 4.78 is 24.0. The Morgan fingerprint density at radius 3 is 2.77 bits per heavy atom. The van der Waals surface area contributed by atoms with Crippen LogP contribution in [0.3, 0.4) is 0 Å². The van der Waals surface area contributed by atoms with Gasteiger partial charge in [0.1, 0.15) is 0 Å². The van der Waals surface area contributed by atoms with Gasteiger partial charge in [0, 0.05) is 19.6 Å². The van der Waals surface area contributed by atoms with Gasteiger partial charge in [-0.1, -0.05) is 23.1 Å². The van der Waals surface area contributed by atoms with Crippen LogP contribution in [0.4, 0.5) is 5.13 Å². The van der Waals surface area contributed by atoms with Crippen molar-refractivity contribution in [1.29, 1.82) is 0 Å². The first-order valence-corrected chi connectivity index (χ1v) is 10.6. The summed E-state index contributed by atoms with van der Waals surface area (Å²) in [5, 5.41) is 11.3. The number of hydrogen-bond acceptors (Lipinski definition) is 8. The topological polar surface area (TPSA) is 92.3 Å². The second-order valence-corrected chi connectivity index (χ2v) is 9.86. The van der Waals surface area contributed by atoms with Crippen molar-refractivity contribution in [3.05, 3.63) is 0 Å². The van der Waals surface area contributed by atoms with Crippen molar-refractivity contribution in [3.8, 4) is 0 Å². The lowest BCUT2D eigenvalue weighted by Crippen LogP contribution is -2.44. The number of anilines is 1. The predicted molar refractivity (Wildman–Crippen MR) is 89.2 cm³/mol. The Morgan fingerprint density at radius 1 is 1.55 bits per heavy atom. The van der Waals surface area contributed by atoms with Crippen LogP contribution >= 0.6 is 23.1 Å². The first kappa shape index (κ1) is 17.5. The van der Waals surface area contributed by atoms with E-state index in [4.69, 9.17) is 0 Å². The van der Waals surface area contributed by atoms with Crippen LogP contribution in [0.2, 0.25) is 0 Å². The lowest BCUT2D eigenvalue weighted by molar-refractivity contribution is -0.131. The van der Waals surface area contributed by atoms with Crippen LogP contribution in [0.15, 0.2) is 4.34 Å². The molecular formula is C12H20N4O3S3. The van der Waals surface area contributed by atoms with E-state index in [9.17, 15) is 13.2 Å². The standard InChI is InChI=1S/C12H20N4O3S3/c1-4-16(9-5-6-22(18,19)7-9)10(17)8(2)20-12-15-14-11(13-3)21-12/h8-9H,4-7H2,1-3H3,(H,13,14). The van der Waals surface area contributed by atoms with Gasteiger partial charge in [0.05, 0.1) is 16.8 Å². The molecule has 1 saturated heterocycles. The maximum Gasteiger partial charge on any atom is 0.236 e. The number of aromatic nitrogens is 2. The minimum Gasteiger partial charge on any atom is -0.363 e. The van der Waals surface area contributed by atoms with Gasteiger partial charge in [-0.15, -0.1) is 10.2 Å². The molecule has 1 aliphatic rings. The van der Waals surface area contributed by atoms with Crippen molar-refractivity contribution in [3.63, 3.8) is 0 Å². The largest absolute Gasteiger partial charge is 0.363 e. The molecule has 10 heteroatoms. The summed E-state index contributed by atoms with van der Waals surface area (Å²) in [4.78, 5) is 14.3. The molecule has 0 bridgehead atoms. The molecule has 0 spiro atoms. The second kappa shape index (κ2) is 7.14. The van der Waals surface area contributed by atoms with Gasteiger partial charge in [-0.05, 0) is 20.3 Å². The van der Waals surface area contributed by atoms with E-state index in [2.05, 4.69) is 15.5 Å². The van der Waals surface area contributed by atoms with Crippen molar-refractivity contribution in [1.82, 2.24) is 15.1 Å². The number of thioether (sulfide) groups is 1. The van der Waals surface area contributed by atoms with Crippen LogP contribution in [0.1, 0.15) is 20.3 Å². The monoisotopic (exact) mass is 364 g/mol. The summed E-state index contributed by atoms with van der Waals surface area (Å²) in [5.74, 6) is 0.202. The van der Waals surface area contributed by atoms with E-state index in [1.807, 2.05) is 13.8 Å². The maximum atomic E-state index is 12.6. The van der Waals surface area contributed by atoms with E-state index < -0.39 is 9.84 Å². The summed E-state index contributed by atoms with van der Waals surface area (Å²) in [6.07, 6.45) is 0.530. The Kier molecular flexibility index (Phi) is 5.67. The van der Waals surface area contributed by atoms with Gasteiger partial charge in [0.25, 0.3) is 0 Å². The molecule has 1 aromatic heterocycles. The average molecular weight is 365 g/mol. The third kappa shape index (κ3) is 4.11. The molecule has 124 valence electrons. The molecule has 2 unspecified atom stereocenters. The van der Waals surface area contributed by atoms with Crippen molar-refractivity contribution in [2.24, 2.45) is 0 Å². The number of carbonyl (C=O) groups excluding carboxylic acids is 1. The Balaban J connectivity index is 2.01. The summed E-state index contributed by atoms with van der Waals surface area (Å²) in [7, 11) is -1.23. The number of nitrogens with one attached hydrogen (secondary N) is 1. The molecule has 1 amide bonds. The molecule has 1 aromatic rings. The highest BCUT2D eigenvalue weighted by molar-refractivity contribution is 8.02. The minimum absolute atomic E-state index is 0.0455. The fraction of sp³-hybridized carbons (Fsp3) is 0.750. The predicted octanol–water partition coefficient (Wildman–Crippen LogP) is 1.10. The molecular weight excluding hydrogens is 344 g/mol. The van der Waals surface area contributed by atoms with Crippen LogP contribution < -0.4 is 5.32 Å². The highest BCUT2D eigenvalue weighted by Gasteiger charge is 2.35. The fourth-order valence-corrected chi connectivity index (χ4v) is 6.06. The number of sulfone groups is 1. The summed E-state index contributed by atoms with van der Waals surface area (Å²) in [6, 6.07) is -0.201. The summed E-state index contributed by atoms with van der Waals surface area (Å²) in [6.45, 7) is 4.21. The van der Waals surface area contributed by atoms with E-state index in [1.165, 1.54) is 23.1 Å². The molecule has 0 aliphatic carbocycles. The molecule has 22 heavy (non-hydrogen) atoms. The number of carbonyl (C=O) groups is 1. The van der Waals surface area contributed by atoms with Crippen LogP contribution in [0.25, 0.3) is 0 Å².